The molecule has 0 aliphatic heterocycles. The van der Waals surface area contributed by atoms with Crippen LogP contribution in [-0.2, 0) is 47.3 Å². The Hall–Kier alpha value is -3.92. The summed E-state index contributed by atoms with van der Waals surface area (Å²) in [6.45, 7) is 9.61. The molecule has 60 heavy (non-hydrogen) atoms. The lowest BCUT2D eigenvalue weighted by Gasteiger charge is -2.36. The van der Waals surface area contributed by atoms with Gasteiger partial charge in [0.1, 0.15) is 23.0 Å². The van der Waals surface area contributed by atoms with Gasteiger partial charge in [0.25, 0.3) is 0 Å². The molecule has 0 aromatic heterocycles. The lowest BCUT2D eigenvalue weighted by Crippen LogP contribution is -2.26. The molecule has 0 spiro atoms. The Morgan fingerprint density at radius 2 is 0.417 bits per heavy atom. The summed E-state index contributed by atoms with van der Waals surface area (Å²) in [7, 11) is 0. The Labute approximate surface area is 360 Å². The second-order valence-corrected chi connectivity index (χ2v) is 21.8. The summed E-state index contributed by atoms with van der Waals surface area (Å²) in [6.07, 6.45) is 25.2. The first-order valence-electron chi connectivity index (χ1n) is 24.2. The molecular weight excluding hydrogens is 737 g/mol. The SMILES string of the molecule is CC1(c2cc3c(O)c(c2)Cc2cc(C4(C)CCCCC4)cc(c2O)Cc2cc(C4(C)CCCCC4)cc(c2O)Cc2cc(C4(C)CCCCC4)cc(c2O)C3)CCCCC1. The molecule has 0 heterocycles. The molecule has 0 unspecified atom stereocenters. The Bertz CT molecular complexity index is 1830. The monoisotopic (exact) mass is 809 g/mol. The van der Waals surface area contributed by atoms with E-state index >= 15 is 0 Å². The van der Waals surface area contributed by atoms with Gasteiger partial charge in [0.15, 0.2) is 0 Å². The van der Waals surface area contributed by atoms with Gasteiger partial charge in [-0.1, -0.05) is 153 Å². The zero-order valence-electron chi connectivity index (χ0n) is 37.4. The van der Waals surface area contributed by atoms with Crippen molar-refractivity contribution in [3.05, 3.63) is 115 Å². The second kappa shape index (κ2) is 16.1. The highest BCUT2D eigenvalue weighted by Crippen LogP contribution is 2.49. The van der Waals surface area contributed by atoms with Crippen LogP contribution >= 0.6 is 0 Å². The van der Waals surface area contributed by atoms with Crippen molar-refractivity contribution in [2.45, 2.75) is 203 Å². The maximum Gasteiger partial charge on any atom is 0.122 e. The molecule has 0 amide bonds. The van der Waals surface area contributed by atoms with Gasteiger partial charge in [-0.05, 0) is 140 Å². The lowest BCUT2D eigenvalue weighted by molar-refractivity contribution is 0.318. The molecule has 0 radical (unpaired) electrons. The molecular formula is C56H72O4. The maximum atomic E-state index is 12.5. The van der Waals surface area contributed by atoms with Crippen LogP contribution in [0, 0.1) is 0 Å². The molecule has 0 atom stereocenters. The summed E-state index contributed by atoms with van der Waals surface area (Å²) < 4.78 is 0. The fourth-order valence-corrected chi connectivity index (χ4v) is 12.8. The minimum absolute atomic E-state index is 0.00151. The second-order valence-electron chi connectivity index (χ2n) is 21.8. The fourth-order valence-electron chi connectivity index (χ4n) is 12.8. The molecule has 0 saturated heterocycles. The third-order valence-corrected chi connectivity index (χ3v) is 17.2. The maximum absolute atomic E-state index is 12.5. The van der Waals surface area contributed by atoms with Crippen molar-refractivity contribution in [2.24, 2.45) is 0 Å². The number of aromatic hydroxyl groups is 4. The highest BCUT2D eigenvalue weighted by Gasteiger charge is 2.36. The van der Waals surface area contributed by atoms with Gasteiger partial charge in [-0.25, -0.2) is 0 Å². The molecule has 4 aromatic rings. The molecule has 4 nitrogen and oxygen atoms in total. The lowest BCUT2D eigenvalue weighted by atomic mass is 9.69. The Balaban J connectivity index is 1.29. The third-order valence-electron chi connectivity index (χ3n) is 17.2. The van der Waals surface area contributed by atoms with Crippen molar-refractivity contribution in [1.29, 1.82) is 0 Å². The van der Waals surface area contributed by atoms with Crippen molar-refractivity contribution in [2.75, 3.05) is 0 Å². The number of benzene rings is 4. The molecule has 4 saturated carbocycles. The van der Waals surface area contributed by atoms with Crippen LogP contribution in [0.25, 0.3) is 0 Å². The van der Waals surface area contributed by atoms with Crippen LogP contribution in [-0.4, -0.2) is 20.4 Å². The van der Waals surface area contributed by atoms with E-state index in [0.717, 1.165) is 95.9 Å². The standard InChI is InChI=1S/C56H72O4/c1-53(17-9-5-10-18-53)45-29-37-25-39-31-46(54(2)19-11-6-12-20-54)33-41(50(39)58)27-43-35-48(56(4)23-15-8-16-24-56)36-44(52(43)60)28-42-34-47(55(3)21-13-7-14-22-55)32-40(51(42)59)26-38(30-45)49(37)57/h29-36,57-60H,5-28H2,1-4H3. The van der Waals surface area contributed by atoms with Crippen LogP contribution in [0.5, 0.6) is 23.0 Å². The Morgan fingerprint density at radius 3 is 0.567 bits per heavy atom. The zero-order valence-corrected chi connectivity index (χ0v) is 37.4. The minimum Gasteiger partial charge on any atom is -0.507 e. The number of phenolic OH excluding ortho intramolecular Hbond substituents is 4. The normalized spacial score (nSPS) is 22.2. The molecule has 4 fully saturated rings. The quantitative estimate of drug-likeness (QED) is 0.146. The highest BCUT2D eigenvalue weighted by molar-refractivity contribution is 5.59. The first kappa shape index (κ1) is 41.4. The van der Waals surface area contributed by atoms with Gasteiger partial charge in [-0.3, -0.25) is 0 Å². The van der Waals surface area contributed by atoms with Gasteiger partial charge < -0.3 is 20.4 Å². The summed E-state index contributed by atoms with van der Waals surface area (Å²) >= 11 is 0. The zero-order chi connectivity index (χ0) is 41.9. The largest absolute Gasteiger partial charge is 0.507 e. The molecule has 4 heteroatoms. The fraction of sp³-hybridized carbons (Fsp3) is 0.571. The van der Waals surface area contributed by atoms with Gasteiger partial charge in [0, 0.05) is 25.7 Å². The van der Waals surface area contributed by atoms with Gasteiger partial charge in [0.2, 0.25) is 0 Å². The Kier molecular flexibility index (Phi) is 11.1. The molecule has 4 aromatic carbocycles. The van der Waals surface area contributed by atoms with Crippen molar-refractivity contribution in [3.63, 3.8) is 0 Å². The van der Waals surface area contributed by atoms with E-state index in [1.54, 1.807) is 0 Å². The smallest absolute Gasteiger partial charge is 0.122 e. The van der Waals surface area contributed by atoms with Crippen molar-refractivity contribution in [3.8, 4) is 23.0 Å². The molecule has 8 bridgehead atoms. The van der Waals surface area contributed by atoms with Crippen LogP contribution in [0.4, 0.5) is 0 Å². The first-order chi connectivity index (χ1) is 28.8. The van der Waals surface area contributed by atoms with Gasteiger partial charge >= 0.3 is 0 Å². The van der Waals surface area contributed by atoms with Crippen LogP contribution in [0.15, 0.2) is 48.5 Å². The summed E-state index contributed by atoms with van der Waals surface area (Å²) in [5.41, 5.74) is 11.8. The number of hydrogen-bond acceptors (Lipinski definition) is 4. The number of hydrogen-bond donors (Lipinski definition) is 4. The number of fused-ring (bicyclic) bond motifs is 8. The van der Waals surface area contributed by atoms with E-state index in [0.29, 0.717) is 25.7 Å². The third kappa shape index (κ3) is 7.77. The van der Waals surface area contributed by atoms with Crippen molar-refractivity contribution < 1.29 is 20.4 Å². The molecule has 4 N–H and O–H groups in total. The summed E-state index contributed by atoms with van der Waals surface area (Å²) in [4.78, 5) is 0. The number of phenols is 4. The predicted octanol–water partition coefficient (Wildman–Crippen LogP) is 14.1. The molecule has 5 aliphatic rings. The molecule has 9 rings (SSSR count). The van der Waals surface area contributed by atoms with E-state index in [1.807, 2.05) is 0 Å². The first-order valence-corrected chi connectivity index (χ1v) is 24.2. The average molecular weight is 809 g/mol. The van der Waals surface area contributed by atoms with Crippen molar-refractivity contribution in [1.82, 2.24) is 0 Å². The topological polar surface area (TPSA) is 80.9 Å². The van der Waals surface area contributed by atoms with E-state index in [4.69, 9.17) is 0 Å². The minimum atomic E-state index is -0.00151. The van der Waals surface area contributed by atoms with E-state index in [-0.39, 0.29) is 44.7 Å². The summed E-state index contributed by atoms with van der Waals surface area (Å²) in [6, 6.07) is 18.0. The van der Waals surface area contributed by atoms with E-state index in [1.165, 1.54) is 99.3 Å². The molecule has 320 valence electrons. The predicted molar refractivity (Wildman–Crippen MR) is 245 cm³/mol. The average Bonchev–Trinajstić information content (AvgIpc) is 3.23. The van der Waals surface area contributed by atoms with E-state index < -0.39 is 0 Å². The van der Waals surface area contributed by atoms with E-state index in [9.17, 15) is 20.4 Å². The highest BCUT2D eigenvalue weighted by atomic mass is 16.3. The Morgan fingerprint density at radius 1 is 0.267 bits per heavy atom. The van der Waals surface area contributed by atoms with Crippen LogP contribution in [0.3, 0.4) is 0 Å². The van der Waals surface area contributed by atoms with Crippen LogP contribution < -0.4 is 0 Å². The summed E-state index contributed by atoms with van der Waals surface area (Å²) in [5, 5.41) is 49.9. The molecule has 5 aliphatic carbocycles. The van der Waals surface area contributed by atoms with Crippen LogP contribution in [0.2, 0.25) is 0 Å². The van der Waals surface area contributed by atoms with Gasteiger partial charge in [-0.15, -0.1) is 0 Å². The van der Waals surface area contributed by atoms with Crippen LogP contribution in [0.1, 0.15) is 223 Å². The number of rotatable bonds is 4. The summed E-state index contributed by atoms with van der Waals surface area (Å²) in [5.74, 6) is 1.13. The van der Waals surface area contributed by atoms with E-state index in [2.05, 4.69) is 76.2 Å². The van der Waals surface area contributed by atoms with Gasteiger partial charge in [0.05, 0.1) is 0 Å². The van der Waals surface area contributed by atoms with Crippen molar-refractivity contribution >= 4 is 0 Å². The van der Waals surface area contributed by atoms with Gasteiger partial charge in [-0.2, -0.15) is 0 Å².